The maximum Gasteiger partial charge on any atom is 0.310 e. The maximum absolute atomic E-state index is 13.0. The van der Waals surface area contributed by atoms with Gasteiger partial charge < -0.3 is 15.2 Å². The minimum Gasteiger partial charge on any atom is -0.494 e. The van der Waals surface area contributed by atoms with E-state index >= 15 is 0 Å². The van der Waals surface area contributed by atoms with Crippen molar-refractivity contribution in [3.8, 4) is 5.75 Å². The molecule has 0 radical (unpaired) electrons. The van der Waals surface area contributed by atoms with E-state index < -0.39 is 12.4 Å². The summed E-state index contributed by atoms with van der Waals surface area (Å²) in [5.41, 5.74) is 5.33. The van der Waals surface area contributed by atoms with Gasteiger partial charge in [0.2, 0.25) is 0 Å². The zero-order valence-electron chi connectivity index (χ0n) is 10.1. The molecule has 0 atom stereocenters. The number of methoxy groups -OCH3 is 2. The molecule has 5 nitrogen and oxygen atoms in total. The minimum absolute atomic E-state index is 0.0264. The van der Waals surface area contributed by atoms with E-state index in [1.807, 2.05) is 0 Å². The van der Waals surface area contributed by atoms with Gasteiger partial charge in [0.25, 0.3) is 6.43 Å². The molecular formula is C11H14F2N2O3. The molecule has 0 saturated heterocycles. The van der Waals surface area contributed by atoms with Gasteiger partial charge in [0.05, 0.1) is 31.9 Å². The van der Waals surface area contributed by atoms with Crippen LogP contribution in [0.1, 0.15) is 23.2 Å². The van der Waals surface area contributed by atoms with Gasteiger partial charge in [0.1, 0.15) is 0 Å². The van der Waals surface area contributed by atoms with Gasteiger partial charge in [-0.3, -0.25) is 9.78 Å². The van der Waals surface area contributed by atoms with Crippen LogP contribution >= 0.6 is 0 Å². The second kappa shape index (κ2) is 6.25. The fraction of sp³-hybridized carbons (Fsp3) is 0.455. The Hall–Kier alpha value is -1.76. The smallest absolute Gasteiger partial charge is 0.310 e. The van der Waals surface area contributed by atoms with Crippen molar-refractivity contribution in [2.45, 2.75) is 19.4 Å². The van der Waals surface area contributed by atoms with Crippen molar-refractivity contribution in [2.75, 3.05) is 14.2 Å². The average Bonchev–Trinajstić information content (AvgIpc) is 2.37. The van der Waals surface area contributed by atoms with Gasteiger partial charge in [-0.15, -0.1) is 0 Å². The Balaban J connectivity index is 3.30. The lowest BCUT2D eigenvalue weighted by atomic mass is 10.0. The van der Waals surface area contributed by atoms with E-state index in [2.05, 4.69) is 9.72 Å². The summed E-state index contributed by atoms with van der Waals surface area (Å²) in [6, 6.07) is 0. The third-order valence-electron chi connectivity index (χ3n) is 2.41. The summed E-state index contributed by atoms with van der Waals surface area (Å²) in [5.74, 6) is -0.699. The molecule has 1 aromatic heterocycles. The number of pyridine rings is 1. The number of nitrogens with two attached hydrogens (primary N) is 1. The average molecular weight is 260 g/mol. The van der Waals surface area contributed by atoms with Gasteiger partial charge in [-0.25, -0.2) is 8.78 Å². The van der Waals surface area contributed by atoms with Gasteiger partial charge in [0, 0.05) is 12.7 Å². The van der Waals surface area contributed by atoms with E-state index in [0.717, 1.165) is 0 Å². The maximum atomic E-state index is 13.0. The Morgan fingerprint density at radius 1 is 1.50 bits per heavy atom. The first-order valence-electron chi connectivity index (χ1n) is 5.14. The summed E-state index contributed by atoms with van der Waals surface area (Å²) in [4.78, 5) is 15.1. The minimum atomic E-state index is -2.78. The lowest BCUT2D eigenvalue weighted by Gasteiger charge is -2.15. The van der Waals surface area contributed by atoms with E-state index in [1.54, 1.807) is 0 Å². The lowest BCUT2D eigenvalue weighted by Crippen LogP contribution is -2.12. The molecule has 0 aliphatic carbocycles. The number of ether oxygens (including phenoxy) is 2. The molecule has 0 bridgehead atoms. The largest absolute Gasteiger partial charge is 0.494 e. The third-order valence-corrected chi connectivity index (χ3v) is 2.41. The molecule has 7 heteroatoms. The second-order valence-corrected chi connectivity index (χ2v) is 3.43. The number of carbonyl (C=O) groups is 1. The van der Waals surface area contributed by atoms with Crippen LogP contribution in [0.3, 0.4) is 0 Å². The molecule has 0 unspecified atom stereocenters. The van der Waals surface area contributed by atoms with Gasteiger partial charge in [-0.2, -0.15) is 0 Å². The highest BCUT2D eigenvalue weighted by Crippen LogP contribution is 2.34. The van der Waals surface area contributed by atoms with Crippen molar-refractivity contribution >= 4 is 5.97 Å². The number of hydrogen-bond acceptors (Lipinski definition) is 5. The number of alkyl halides is 2. The topological polar surface area (TPSA) is 74.4 Å². The van der Waals surface area contributed by atoms with Crippen LogP contribution in [0.4, 0.5) is 8.78 Å². The fourth-order valence-corrected chi connectivity index (χ4v) is 1.57. The van der Waals surface area contributed by atoms with Crippen molar-refractivity contribution in [2.24, 2.45) is 5.73 Å². The quantitative estimate of drug-likeness (QED) is 0.805. The van der Waals surface area contributed by atoms with Gasteiger partial charge in [-0.1, -0.05) is 0 Å². The molecule has 0 saturated carbocycles. The first-order chi connectivity index (χ1) is 8.54. The molecule has 0 aliphatic heterocycles. The highest BCUT2D eigenvalue weighted by Gasteiger charge is 2.23. The normalized spacial score (nSPS) is 10.6. The van der Waals surface area contributed by atoms with Crippen molar-refractivity contribution in [1.29, 1.82) is 0 Å². The molecule has 1 aromatic rings. The standard InChI is InChI=1S/C11H14F2N2O3/c1-17-8(16)3-6-5-15-7(4-14)10(18-2)9(6)11(12)13/h5,11H,3-4,14H2,1-2H3. The van der Waals surface area contributed by atoms with Crippen LogP contribution in [-0.2, 0) is 22.5 Å². The Bertz CT molecular complexity index is 439. The Morgan fingerprint density at radius 3 is 2.61 bits per heavy atom. The number of hydrogen-bond donors (Lipinski definition) is 1. The molecule has 1 rings (SSSR count). The van der Waals surface area contributed by atoms with Gasteiger partial charge in [-0.05, 0) is 5.56 Å². The van der Waals surface area contributed by atoms with E-state index in [9.17, 15) is 13.6 Å². The van der Waals surface area contributed by atoms with Gasteiger partial charge in [0.15, 0.2) is 5.75 Å². The predicted octanol–water partition coefficient (Wildman–Crippen LogP) is 1.20. The van der Waals surface area contributed by atoms with Crippen molar-refractivity contribution in [1.82, 2.24) is 4.98 Å². The first kappa shape index (κ1) is 14.3. The molecule has 2 N–H and O–H groups in total. The summed E-state index contributed by atoms with van der Waals surface area (Å²) in [5, 5.41) is 0. The monoisotopic (exact) mass is 260 g/mol. The molecule has 1 heterocycles. The Labute approximate surface area is 103 Å². The summed E-state index contributed by atoms with van der Waals surface area (Å²) in [6.07, 6.45) is -1.87. The van der Waals surface area contributed by atoms with E-state index in [4.69, 9.17) is 10.5 Å². The molecule has 18 heavy (non-hydrogen) atoms. The van der Waals surface area contributed by atoms with Crippen molar-refractivity contribution in [3.05, 3.63) is 23.0 Å². The molecular weight excluding hydrogens is 246 g/mol. The number of halogens is 2. The zero-order chi connectivity index (χ0) is 13.7. The first-order valence-corrected chi connectivity index (χ1v) is 5.14. The third kappa shape index (κ3) is 2.92. The Kier molecular flexibility index (Phi) is 4.96. The van der Waals surface area contributed by atoms with Gasteiger partial charge >= 0.3 is 5.97 Å². The molecule has 0 spiro atoms. The van der Waals surface area contributed by atoms with E-state index in [1.165, 1.54) is 20.4 Å². The molecule has 0 aromatic carbocycles. The molecule has 0 aliphatic rings. The highest BCUT2D eigenvalue weighted by atomic mass is 19.3. The van der Waals surface area contributed by atoms with Crippen LogP contribution in [-0.4, -0.2) is 25.2 Å². The number of carbonyl (C=O) groups excluding carboxylic acids is 1. The molecule has 0 amide bonds. The van der Waals surface area contributed by atoms with Crippen LogP contribution in [0.25, 0.3) is 0 Å². The van der Waals surface area contributed by atoms with Crippen molar-refractivity contribution < 1.29 is 23.0 Å². The SMILES string of the molecule is COC(=O)Cc1cnc(CN)c(OC)c1C(F)F. The van der Waals surface area contributed by atoms with Crippen molar-refractivity contribution in [3.63, 3.8) is 0 Å². The number of nitrogens with zero attached hydrogens (tertiary/aromatic N) is 1. The zero-order valence-corrected chi connectivity index (χ0v) is 10.1. The predicted molar refractivity (Wildman–Crippen MR) is 59.4 cm³/mol. The number of aromatic nitrogens is 1. The summed E-state index contributed by atoms with van der Waals surface area (Å²) in [6.45, 7) is -0.0264. The fourth-order valence-electron chi connectivity index (χ4n) is 1.57. The second-order valence-electron chi connectivity index (χ2n) is 3.43. The van der Waals surface area contributed by atoms with Crippen LogP contribution < -0.4 is 10.5 Å². The summed E-state index contributed by atoms with van der Waals surface area (Å²) >= 11 is 0. The summed E-state index contributed by atoms with van der Waals surface area (Å²) < 4.78 is 35.4. The van der Waals surface area contributed by atoms with Crippen LogP contribution in [0, 0.1) is 0 Å². The van der Waals surface area contributed by atoms with Crippen LogP contribution in [0.15, 0.2) is 6.20 Å². The van der Waals surface area contributed by atoms with Crippen LogP contribution in [0.5, 0.6) is 5.75 Å². The lowest BCUT2D eigenvalue weighted by molar-refractivity contribution is -0.139. The number of rotatable bonds is 5. The van der Waals surface area contributed by atoms with Crippen LogP contribution in [0.2, 0.25) is 0 Å². The van der Waals surface area contributed by atoms with E-state index in [0.29, 0.717) is 0 Å². The molecule has 0 fully saturated rings. The summed E-state index contributed by atoms with van der Waals surface area (Å²) in [7, 11) is 2.44. The van der Waals surface area contributed by atoms with E-state index in [-0.39, 0.29) is 35.5 Å². The highest BCUT2D eigenvalue weighted by molar-refractivity contribution is 5.73. The Morgan fingerprint density at radius 2 is 2.17 bits per heavy atom. The number of esters is 1. The molecule has 100 valence electrons.